The van der Waals surface area contributed by atoms with Crippen LogP contribution in [0.5, 0.6) is 11.6 Å². The molecule has 0 amide bonds. The van der Waals surface area contributed by atoms with Gasteiger partial charge in [0.25, 0.3) is 0 Å². The third kappa shape index (κ3) is 4.76. The normalized spacial score (nSPS) is 13.9. The lowest BCUT2D eigenvalue weighted by Gasteiger charge is -2.09. The number of hydrogen-bond donors (Lipinski definition) is 1. The van der Waals surface area contributed by atoms with Crippen molar-refractivity contribution in [3.63, 3.8) is 0 Å². The van der Waals surface area contributed by atoms with E-state index in [2.05, 4.69) is 10.3 Å². The second kappa shape index (κ2) is 7.09. The van der Waals surface area contributed by atoms with Crippen LogP contribution >= 0.6 is 0 Å². The van der Waals surface area contributed by atoms with Gasteiger partial charge in [0.1, 0.15) is 19.0 Å². The number of pyridine rings is 1. The molecule has 1 heterocycles. The predicted octanol–water partition coefficient (Wildman–Crippen LogP) is 2.79. The van der Waals surface area contributed by atoms with E-state index < -0.39 is 0 Å². The third-order valence-electron chi connectivity index (χ3n) is 3.32. The molecule has 0 radical (unpaired) electrons. The molecule has 1 N–H and O–H groups in total. The molecule has 21 heavy (non-hydrogen) atoms. The Morgan fingerprint density at radius 2 is 1.86 bits per heavy atom. The Balaban J connectivity index is 1.41. The van der Waals surface area contributed by atoms with Gasteiger partial charge in [-0.15, -0.1) is 0 Å². The fourth-order valence-corrected chi connectivity index (χ4v) is 2.01. The second-order valence-corrected chi connectivity index (χ2v) is 5.17. The molecule has 1 aliphatic rings. The Morgan fingerprint density at radius 3 is 2.67 bits per heavy atom. The second-order valence-electron chi connectivity index (χ2n) is 5.17. The summed E-state index contributed by atoms with van der Waals surface area (Å²) in [5, 5.41) is 3.48. The molecule has 1 aliphatic carbocycles. The number of rotatable bonds is 8. The van der Waals surface area contributed by atoms with Gasteiger partial charge in [-0.3, -0.25) is 0 Å². The number of nitrogens with one attached hydrogen (secondary N) is 1. The summed E-state index contributed by atoms with van der Waals surface area (Å²) in [5.74, 6) is 1.51. The van der Waals surface area contributed by atoms with E-state index in [9.17, 15) is 0 Å². The molecular weight excluding hydrogens is 264 g/mol. The van der Waals surface area contributed by atoms with Crippen LogP contribution in [-0.4, -0.2) is 24.2 Å². The number of benzene rings is 1. The van der Waals surface area contributed by atoms with E-state index in [1.807, 2.05) is 42.5 Å². The summed E-state index contributed by atoms with van der Waals surface area (Å²) in [6, 6.07) is 14.4. The van der Waals surface area contributed by atoms with Gasteiger partial charge < -0.3 is 14.8 Å². The highest BCUT2D eigenvalue weighted by Gasteiger charge is 2.19. The van der Waals surface area contributed by atoms with Crippen molar-refractivity contribution in [3.8, 4) is 11.6 Å². The highest BCUT2D eigenvalue weighted by Crippen LogP contribution is 2.19. The standard InChI is InChI=1S/C17H20N2O2/c1-2-4-16(5-3-1)20-10-11-21-17-12-14(8-9-18-17)13-19-15-6-7-15/h1-5,8-9,12,15,19H,6-7,10-11,13H2. The molecule has 1 saturated carbocycles. The number of para-hydroxylation sites is 1. The van der Waals surface area contributed by atoms with Crippen molar-refractivity contribution in [2.45, 2.75) is 25.4 Å². The minimum Gasteiger partial charge on any atom is -0.490 e. The Labute approximate surface area is 125 Å². The smallest absolute Gasteiger partial charge is 0.213 e. The minimum absolute atomic E-state index is 0.488. The quantitative estimate of drug-likeness (QED) is 0.757. The first-order chi connectivity index (χ1) is 10.4. The van der Waals surface area contributed by atoms with Crippen LogP contribution in [0, 0.1) is 0 Å². The molecule has 0 bridgehead atoms. The minimum atomic E-state index is 0.488. The van der Waals surface area contributed by atoms with Crippen molar-refractivity contribution in [1.82, 2.24) is 10.3 Å². The van der Waals surface area contributed by atoms with Crippen LogP contribution in [0.15, 0.2) is 48.7 Å². The lowest BCUT2D eigenvalue weighted by atomic mass is 10.2. The zero-order chi connectivity index (χ0) is 14.3. The lowest BCUT2D eigenvalue weighted by molar-refractivity contribution is 0.212. The fourth-order valence-electron chi connectivity index (χ4n) is 2.01. The monoisotopic (exact) mass is 284 g/mol. The summed E-state index contributed by atoms with van der Waals surface area (Å²) < 4.78 is 11.2. The molecule has 0 spiro atoms. The Kier molecular flexibility index (Phi) is 4.69. The van der Waals surface area contributed by atoms with Gasteiger partial charge in [-0.1, -0.05) is 18.2 Å². The largest absolute Gasteiger partial charge is 0.490 e. The molecule has 4 nitrogen and oxygen atoms in total. The van der Waals surface area contributed by atoms with Crippen molar-refractivity contribution in [1.29, 1.82) is 0 Å². The molecule has 1 aromatic carbocycles. The molecule has 1 fully saturated rings. The molecule has 0 atom stereocenters. The van der Waals surface area contributed by atoms with Gasteiger partial charge in [0.15, 0.2) is 0 Å². The van der Waals surface area contributed by atoms with E-state index >= 15 is 0 Å². The maximum Gasteiger partial charge on any atom is 0.213 e. The van der Waals surface area contributed by atoms with E-state index in [0.29, 0.717) is 25.1 Å². The van der Waals surface area contributed by atoms with Crippen molar-refractivity contribution < 1.29 is 9.47 Å². The molecule has 4 heteroatoms. The van der Waals surface area contributed by atoms with E-state index in [0.717, 1.165) is 12.3 Å². The molecular formula is C17H20N2O2. The van der Waals surface area contributed by atoms with Crippen LogP contribution < -0.4 is 14.8 Å². The van der Waals surface area contributed by atoms with Crippen LogP contribution in [0.4, 0.5) is 0 Å². The summed E-state index contributed by atoms with van der Waals surface area (Å²) >= 11 is 0. The molecule has 0 aliphatic heterocycles. The Morgan fingerprint density at radius 1 is 1.05 bits per heavy atom. The first kappa shape index (κ1) is 13.9. The summed E-state index contributed by atoms with van der Waals surface area (Å²) in [6.45, 7) is 1.88. The first-order valence-corrected chi connectivity index (χ1v) is 7.39. The van der Waals surface area contributed by atoms with E-state index in [-0.39, 0.29) is 0 Å². The molecule has 110 valence electrons. The van der Waals surface area contributed by atoms with Crippen LogP contribution in [0.25, 0.3) is 0 Å². The van der Waals surface area contributed by atoms with E-state index in [4.69, 9.17) is 9.47 Å². The summed E-state index contributed by atoms with van der Waals surface area (Å²) in [6.07, 6.45) is 4.38. The average molecular weight is 284 g/mol. The van der Waals surface area contributed by atoms with Crippen molar-refractivity contribution in [2.75, 3.05) is 13.2 Å². The first-order valence-electron chi connectivity index (χ1n) is 7.39. The van der Waals surface area contributed by atoms with E-state index in [1.165, 1.54) is 18.4 Å². The number of nitrogens with zero attached hydrogens (tertiary/aromatic N) is 1. The Hall–Kier alpha value is -2.07. The maximum atomic E-state index is 5.63. The van der Waals surface area contributed by atoms with Gasteiger partial charge in [-0.25, -0.2) is 4.98 Å². The molecule has 2 aromatic rings. The highest BCUT2D eigenvalue weighted by molar-refractivity contribution is 5.21. The average Bonchev–Trinajstić information content (AvgIpc) is 3.35. The zero-order valence-corrected chi connectivity index (χ0v) is 12.0. The van der Waals surface area contributed by atoms with Gasteiger partial charge >= 0.3 is 0 Å². The topological polar surface area (TPSA) is 43.4 Å². The van der Waals surface area contributed by atoms with Crippen LogP contribution in [0.3, 0.4) is 0 Å². The fraction of sp³-hybridized carbons (Fsp3) is 0.353. The molecule has 1 aromatic heterocycles. The molecule has 0 saturated heterocycles. The van der Waals surface area contributed by atoms with Gasteiger partial charge in [0.05, 0.1) is 0 Å². The van der Waals surface area contributed by atoms with E-state index in [1.54, 1.807) is 6.20 Å². The van der Waals surface area contributed by atoms with Crippen molar-refractivity contribution in [3.05, 3.63) is 54.2 Å². The highest BCUT2D eigenvalue weighted by atomic mass is 16.5. The molecule has 0 unspecified atom stereocenters. The van der Waals surface area contributed by atoms with Gasteiger partial charge in [-0.05, 0) is 36.6 Å². The number of aromatic nitrogens is 1. The third-order valence-corrected chi connectivity index (χ3v) is 3.32. The van der Waals surface area contributed by atoms with Crippen LogP contribution in [-0.2, 0) is 6.54 Å². The lowest BCUT2D eigenvalue weighted by Crippen LogP contribution is -2.15. The summed E-state index contributed by atoms with van der Waals surface area (Å²) in [5.41, 5.74) is 1.20. The SMILES string of the molecule is c1ccc(OCCOc2cc(CNC3CC3)ccn2)cc1. The van der Waals surface area contributed by atoms with Gasteiger partial charge in [0.2, 0.25) is 5.88 Å². The van der Waals surface area contributed by atoms with Gasteiger partial charge in [0, 0.05) is 24.8 Å². The number of ether oxygens (including phenoxy) is 2. The van der Waals surface area contributed by atoms with Crippen molar-refractivity contribution >= 4 is 0 Å². The van der Waals surface area contributed by atoms with Crippen molar-refractivity contribution in [2.24, 2.45) is 0 Å². The number of hydrogen-bond acceptors (Lipinski definition) is 4. The van der Waals surface area contributed by atoms with Crippen LogP contribution in [0.2, 0.25) is 0 Å². The Bertz CT molecular complexity index is 556. The summed E-state index contributed by atoms with van der Waals surface area (Å²) in [4.78, 5) is 4.22. The summed E-state index contributed by atoms with van der Waals surface area (Å²) in [7, 11) is 0. The molecule has 3 rings (SSSR count). The van der Waals surface area contributed by atoms with Crippen LogP contribution in [0.1, 0.15) is 18.4 Å². The maximum absolute atomic E-state index is 5.63. The van der Waals surface area contributed by atoms with Gasteiger partial charge in [-0.2, -0.15) is 0 Å². The predicted molar refractivity (Wildman–Crippen MR) is 81.5 cm³/mol. The zero-order valence-electron chi connectivity index (χ0n) is 12.0.